The van der Waals surface area contributed by atoms with Gasteiger partial charge in [0.2, 0.25) is 0 Å². The minimum absolute atomic E-state index is 0.0804. The summed E-state index contributed by atoms with van der Waals surface area (Å²) in [5.41, 5.74) is -0.839. The molecule has 0 aromatic heterocycles. The van der Waals surface area contributed by atoms with E-state index in [-0.39, 0.29) is 30.3 Å². The number of rotatable bonds is 2. The van der Waals surface area contributed by atoms with Gasteiger partial charge in [-0.3, -0.25) is 9.59 Å². The van der Waals surface area contributed by atoms with Crippen molar-refractivity contribution in [2.45, 2.75) is 58.2 Å². The van der Waals surface area contributed by atoms with Gasteiger partial charge in [-0.25, -0.2) is 0 Å². The van der Waals surface area contributed by atoms with Crippen LogP contribution in [0.2, 0.25) is 0 Å². The van der Waals surface area contributed by atoms with Gasteiger partial charge in [0.1, 0.15) is 11.4 Å². The fourth-order valence-corrected chi connectivity index (χ4v) is 5.27. The number of hydrogen-bond acceptors (Lipinski definition) is 4. The summed E-state index contributed by atoms with van der Waals surface area (Å²) in [5.74, 6) is -2.22. The lowest BCUT2D eigenvalue weighted by molar-refractivity contribution is -0.176. The standard InChI is InChI=1S/C21H28O4/c1-6-14-9-15-18(11(2)3)16(22)8-13(5)21(15,25)17-7-12(4)19(23)20(17,24)10-14/h7,9,13,15,17-18,24-25H,2,6,8,10H2,1,3-5H3/t13-,15+,17-,18+,20-,21-/m1/s1. The Bertz CT molecular complexity index is 715. The maximum absolute atomic E-state index is 12.7. The van der Waals surface area contributed by atoms with Gasteiger partial charge in [0.05, 0.1) is 5.60 Å². The van der Waals surface area contributed by atoms with Crippen LogP contribution in [-0.4, -0.2) is 33.0 Å². The predicted molar refractivity (Wildman–Crippen MR) is 95.7 cm³/mol. The van der Waals surface area contributed by atoms with Crippen molar-refractivity contribution in [1.82, 2.24) is 0 Å². The Morgan fingerprint density at radius 3 is 2.52 bits per heavy atom. The van der Waals surface area contributed by atoms with Gasteiger partial charge in [0, 0.05) is 30.6 Å². The van der Waals surface area contributed by atoms with E-state index in [0.717, 1.165) is 11.1 Å². The Balaban J connectivity index is 2.26. The topological polar surface area (TPSA) is 74.6 Å². The molecule has 0 amide bonds. The third-order valence-corrected chi connectivity index (χ3v) is 6.61. The molecule has 0 aromatic rings. The number of Topliss-reactive ketones (excluding diaryl/α,β-unsaturated/α-hetero) is 2. The van der Waals surface area contributed by atoms with E-state index in [9.17, 15) is 19.8 Å². The highest BCUT2D eigenvalue weighted by molar-refractivity contribution is 6.05. The summed E-state index contributed by atoms with van der Waals surface area (Å²) in [7, 11) is 0. The smallest absolute Gasteiger partial charge is 0.190 e. The molecule has 3 aliphatic rings. The zero-order chi connectivity index (χ0) is 18.7. The van der Waals surface area contributed by atoms with Crippen LogP contribution in [0.5, 0.6) is 0 Å². The second-order valence-corrected chi connectivity index (χ2v) is 8.24. The number of ketones is 2. The lowest BCUT2D eigenvalue weighted by Crippen LogP contribution is -2.62. The van der Waals surface area contributed by atoms with E-state index in [1.54, 1.807) is 13.0 Å². The molecule has 136 valence electrons. The highest BCUT2D eigenvalue weighted by atomic mass is 16.3. The first-order valence-corrected chi connectivity index (χ1v) is 9.13. The predicted octanol–water partition coefficient (Wildman–Crippen LogP) is 2.75. The number of hydrogen-bond donors (Lipinski definition) is 2. The molecular weight excluding hydrogens is 316 g/mol. The van der Waals surface area contributed by atoms with Crippen LogP contribution < -0.4 is 0 Å². The summed E-state index contributed by atoms with van der Waals surface area (Å²) in [6, 6.07) is 0. The molecule has 1 saturated carbocycles. The summed E-state index contributed by atoms with van der Waals surface area (Å²) in [6.45, 7) is 11.3. The van der Waals surface area contributed by atoms with Crippen molar-refractivity contribution in [2.75, 3.05) is 0 Å². The summed E-state index contributed by atoms with van der Waals surface area (Å²) in [4.78, 5) is 25.4. The van der Waals surface area contributed by atoms with Crippen LogP contribution in [0.15, 0.2) is 35.5 Å². The molecule has 0 spiro atoms. The van der Waals surface area contributed by atoms with E-state index in [1.165, 1.54) is 0 Å². The second kappa shape index (κ2) is 5.75. The summed E-state index contributed by atoms with van der Waals surface area (Å²) >= 11 is 0. The summed E-state index contributed by atoms with van der Waals surface area (Å²) in [6.07, 6.45) is 4.78. The van der Waals surface area contributed by atoms with E-state index < -0.39 is 29.0 Å². The number of allylic oxidation sites excluding steroid dienone is 1. The molecule has 6 atom stereocenters. The van der Waals surface area contributed by atoms with Crippen molar-refractivity contribution in [1.29, 1.82) is 0 Å². The molecule has 0 unspecified atom stereocenters. The Kier molecular flexibility index (Phi) is 4.20. The van der Waals surface area contributed by atoms with Crippen molar-refractivity contribution in [3.63, 3.8) is 0 Å². The largest absolute Gasteiger partial charge is 0.388 e. The quantitative estimate of drug-likeness (QED) is 0.756. The average molecular weight is 344 g/mol. The minimum Gasteiger partial charge on any atom is -0.388 e. The number of carbonyl (C=O) groups excluding carboxylic acids is 2. The van der Waals surface area contributed by atoms with Gasteiger partial charge in [0.15, 0.2) is 5.78 Å². The zero-order valence-electron chi connectivity index (χ0n) is 15.5. The first-order chi connectivity index (χ1) is 11.6. The van der Waals surface area contributed by atoms with Gasteiger partial charge in [-0.2, -0.15) is 0 Å². The molecule has 0 heterocycles. The van der Waals surface area contributed by atoms with Crippen molar-refractivity contribution in [3.8, 4) is 0 Å². The van der Waals surface area contributed by atoms with E-state index in [0.29, 0.717) is 12.0 Å². The lowest BCUT2D eigenvalue weighted by atomic mass is 9.56. The molecule has 3 rings (SSSR count). The zero-order valence-corrected chi connectivity index (χ0v) is 15.5. The van der Waals surface area contributed by atoms with Crippen LogP contribution in [0.3, 0.4) is 0 Å². The van der Waals surface area contributed by atoms with Gasteiger partial charge < -0.3 is 10.2 Å². The SMILES string of the molecule is C=C(C)[C@@H]1C(=O)C[C@@H](C)[C@@]2(O)[C@H]1C=C(CC)C[C@]1(O)C(=O)C(C)=C[C@@H]21. The Morgan fingerprint density at radius 2 is 1.96 bits per heavy atom. The average Bonchev–Trinajstić information content (AvgIpc) is 2.69. The molecule has 2 N–H and O–H groups in total. The molecule has 3 aliphatic carbocycles. The van der Waals surface area contributed by atoms with Crippen LogP contribution in [-0.2, 0) is 9.59 Å². The molecule has 4 nitrogen and oxygen atoms in total. The van der Waals surface area contributed by atoms with Crippen molar-refractivity contribution >= 4 is 11.6 Å². The summed E-state index contributed by atoms with van der Waals surface area (Å²) < 4.78 is 0. The Hall–Kier alpha value is -1.52. The first-order valence-electron chi connectivity index (χ1n) is 9.13. The monoisotopic (exact) mass is 344 g/mol. The number of aliphatic hydroxyl groups is 2. The highest BCUT2D eigenvalue weighted by Crippen LogP contribution is 2.56. The minimum atomic E-state index is -1.62. The van der Waals surface area contributed by atoms with E-state index in [1.807, 2.05) is 26.8 Å². The number of carbonyl (C=O) groups is 2. The van der Waals surface area contributed by atoms with Crippen LogP contribution in [0.25, 0.3) is 0 Å². The maximum atomic E-state index is 12.7. The maximum Gasteiger partial charge on any atom is 0.190 e. The molecule has 25 heavy (non-hydrogen) atoms. The summed E-state index contributed by atoms with van der Waals surface area (Å²) in [5, 5.41) is 23.2. The number of fused-ring (bicyclic) bond motifs is 3. The van der Waals surface area contributed by atoms with E-state index >= 15 is 0 Å². The van der Waals surface area contributed by atoms with Gasteiger partial charge in [-0.15, -0.1) is 0 Å². The van der Waals surface area contributed by atoms with E-state index in [4.69, 9.17) is 0 Å². The first kappa shape index (κ1) is 18.3. The van der Waals surface area contributed by atoms with Crippen LogP contribution in [0.4, 0.5) is 0 Å². The van der Waals surface area contributed by atoms with Crippen LogP contribution >= 0.6 is 0 Å². The van der Waals surface area contributed by atoms with Crippen LogP contribution in [0, 0.1) is 23.7 Å². The van der Waals surface area contributed by atoms with Gasteiger partial charge in [0.25, 0.3) is 0 Å². The van der Waals surface area contributed by atoms with Crippen LogP contribution in [0.1, 0.15) is 47.0 Å². The third-order valence-electron chi connectivity index (χ3n) is 6.61. The van der Waals surface area contributed by atoms with Gasteiger partial charge >= 0.3 is 0 Å². The molecule has 0 aromatic carbocycles. The third kappa shape index (κ3) is 2.34. The van der Waals surface area contributed by atoms with Gasteiger partial charge in [-0.05, 0) is 31.8 Å². The molecule has 1 fully saturated rings. The molecular formula is C21H28O4. The Morgan fingerprint density at radius 1 is 1.32 bits per heavy atom. The molecule has 0 aliphatic heterocycles. The van der Waals surface area contributed by atoms with Crippen molar-refractivity contribution in [3.05, 3.63) is 35.5 Å². The molecule has 0 saturated heterocycles. The van der Waals surface area contributed by atoms with Gasteiger partial charge in [-0.1, -0.05) is 43.7 Å². The fraction of sp³-hybridized carbons (Fsp3) is 0.619. The lowest BCUT2D eigenvalue weighted by Gasteiger charge is -2.51. The molecule has 0 radical (unpaired) electrons. The normalized spacial score (nSPS) is 43.8. The Labute approximate surface area is 149 Å². The molecule has 4 heteroatoms. The highest BCUT2D eigenvalue weighted by Gasteiger charge is 2.64. The van der Waals surface area contributed by atoms with Crippen molar-refractivity contribution in [2.24, 2.45) is 23.7 Å². The van der Waals surface area contributed by atoms with Crippen molar-refractivity contribution < 1.29 is 19.8 Å². The second-order valence-electron chi connectivity index (χ2n) is 8.24. The molecule has 0 bridgehead atoms. The van der Waals surface area contributed by atoms with E-state index in [2.05, 4.69) is 6.58 Å². The fourth-order valence-electron chi connectivity index (χ4n) is 5.27.